The lowest BCUT2D eigenvalue weighted by atomic mass is 9.91. The number of rotatable bonds is 3. The molecule has 1 aliphatic heterocycles. The van der Waals surface area contributed by atoms with Crippen molar-refractivity contribution in [1.29, 1.82) is 0 Å². The van der Waals surface area contributed by atoms with Crippen molar-refractivity contribution in [3.63, 3.8) is 0 Å². The van der Waals surface area contributed by atoms with E-state index >= 15 is 0 Å². The van der Waals surface area contributed by atoms with Gasteiger partial charge in [-0.1, -0.05) is 30.7 Å². The smallest absolute Gasteiger partial charge is 0.0919 e. The molecule has 0 spiro atoms. The summed E-state index contributed by atoms with van der Waals surface area (Å²) in [5.41, 5.74) is 2.30. The van der Waals surface area contributed by atoms with Gasteiger partial charge in [0, 0.05) is 12.6 Å². The lowest BCUT2D eigenvalue weighted by Crippen LogP contribution is -2.44. The Morgan fingerprint density at radius 2 is 2.00 bits per heavy atom. The van der Waals surface area contributed by atoms with E-state index < -0.39 is 0 Å². The Hall–Kier alpha value is -0.860. The van der Waals surface area contributed by atoms with Gasteiger partial charge in [0.15, 0.2) is 0 Å². The van der Waals surface area contributed by atoms with Crippen molar-refractivity contribution in [3.05, 3.63) is 35.4 Å². The minimum Gasteiger partial charge on any atom is -0.387 e. The molecule has 1 saturated carbocycles. The Labute approximate surface area is 116 Å². The molecule has 0 radical (unpaired) electrons. The summed E-state index contributed by atoms with van der Waals surface area (Å²) in [5, 5.41) is 10.5. The zero-order valence-electron chi connectivity index (χ0n) is 11.9. The fraction of sp³-hybridized carbons (Fsp3) is 0.647. The van der Waals surface area contributed by atoms with Gasteiger partial charge in [0.1, 0.15) is 0 Å². The van der Waals surface area contributed by atoms with E-state index in [1.54, 1.807) is 0 Å². The van der Waals surface area contributed by atoms with Crippen LogP contribution in [-0.2, 0) is 0 Å². The van der Waals surface area contributed by atoms with E-state index in [9.17, 15) is 5.11 Å². The number of fused-ring (bicyclic) bond motifs is 1. The summed E-state index contributed by atoms with van der Waals surface area (Å²) in [7, 11) is 0. The third kappa shape index (κ3) is 2.70. The summed E-state index contributed by atoms with van der Waals surface area (Å²) in [6, 6.07) is 8.97. The molecule has 2 aliphatic rings. The number of β-amino-alcohol motifs (C(OH)–C–C–N with tert-alkyl or cyclic N) is 1. The van der Waals surface area contributed by atoms with Gasteiger partial charge in [-0.25, -0.2) is 0 Å². The molecule has 2 nitrogen and oxygen atoms in total. The molecule has 1 saturated heterocycles. The first kappa shape index (κ1) is 13.1. The second-order valence-corrected chi connectivity index (χ2v) is 6.27. The molecule has 19 heavy (non-hydrogen) atoms. The zero-order chi connectivity index (χ0) is 13.2. The normalized spacial score (nSPS) is 29.2. The van der Waals surface area contributed by atoms with Crippen LogP contribution in [-0.4, -0.2) is 29.1 Å². The lowest BCUT2D eigenvalue weighted by Gasteiger charge is -2.39. The molecule has 0 aromatic heterocycles. The van der Waals surface area contributed by atoms with Crippen LogP contribution in [0, 0.1) is 12.8 Å². The van der Waals surface area contributed by atoms with Gasteiger partial charge in [-0.2, -0.15) is 0 Å². The quantitative estimate of drug-likeness (QED) is 0.900. The van der Waals surface area contributed by atoms with Crippen LogP contribution in [0.3, 0.4) is 0 Å². The molecule has 1 aromatic rings. The highest BCUT2D eigenvalue weighted by Crippen LogP contribution is 2.37. The monoisotopic (exact) mass is 259 g/mol. The van der Waals surface area contributed by atoms with E-state index in [1.807, 2.05) is 12.1 Å². The van der Waals surface area contributed by atoms with E-state index in [1.165, 1.54) is 44.2 Å². The molecule has 3 rings (SSSR count). The van der Waals surface area contributed by atoms with Gasteiger partial charge in [0.2, 0.25) is 0 Å². The molecule has 3 unspecified atom stereocenters. The summed E-state index contributed by atoms with van der Waals surface area (Å²) in [5.74, 6) is 0.901. The number of aryl methyl sites for hydroxylation is 1. The molecule has 104 valence electrons. The number of piperidine rings is 1. The highest BCUT2D eigenvalue weighted by atomic mass is 16.3. The van der Waals surface area contributed by atoms with E-state index in [0.717, 1.165) is 24.1 Å². The Morgan fingerprint density at radius 1 is 1.21 bits per heavy atom. The number of aliphatic hydroxyl groups is 1. The summed E-state index contributed by atoms with van der Waals surface area (Å²) in [6.45, 7) is 4.07. The first-order chi connectivity index (χ1) is 9.25. The topological polar surface area (TPSA) is 23.5 Å². The van der Waals surface area contributed by atoms with Gasteiger partial charge in [0.25, 0.3) is 0 Å². The second kappa shape index (κ2) is 5.64. The number of aliphatic hydroxyl groups excluding tert-OH is 1. The van der Waals surface area contributed by atoms with E-state index in [-0.39, 0.29) is 6.10 Å². The van der Waals surface area contributed by atoms with E-state index in [0.29, 0.717) is 0 Å². The Morgan fingerprint density at radius 3 is 2.84 bits per heavy atom. The number of likely N-dealkylation sites (tertiary alicyclic amines) is 1. The molecule has 2 fully saturated rings. The summed E-state index contributed by atoms with van der Waals surface area (Å²) >= 11 is 0. The van der Waals surface area contributed by atoms with Crippen LogP contribution in [0.5, 0.6) is 0 Å². The average molecular weight is 259 g/mol. The van der Waals surface area contributed by atoms with Gasteiger partial charge in [-0.3, -0.25) is 4.90 Å². The van der Waals surface area contributed by atoms with Gasteiger partial charge in [0.05, 0.1) is 6.10 Å². The van der Waals surface area contributed by atoms with Crippen LogP contribution in [0.1, 0.15) is 49.3 Å². The van der Waals surface area contributed by atoms with Crippen molar-refractivity contribution in [2.75, 3.05) is 13.1 Å². The Bertz CT molecular complexity index is 431. The number of benzene rings is 1. The maximum Gasteiger partial charge on any atom is 0.0919 e. The van der Waals surface area contributed by atoms with Crippen molar-refractivity contribution >= 4 is 0 Å². The first-order valence-electron chi connectivity index (χ1n) is 7.73. The van der Waals surface area contributed by atoms with Gasteiger partial charge in [-0.15, -0.1) is 0 Å². The molecule has 1 N–H and O–H groups in total. The van der Waals surface area contributed by atoms with Gasteiger partial charge >= 0.3 is 0 Å². The van der Waals surface area contributed by atoms with Crippen LogP contribution in [0.15, 0.2) is 24.3 Å². The number of hydrogen-bond donors (Lipinski definition) is 1. The molecule has 1 aliphatic carbocycles. The average Bonchev–Trinajstić information content (AvgIpc) is 2.88. The zero-order valence-corrected chi connectivity index (χ0v) is 11.9. The predicted molar refractivity (Wildman–Crippen MR) is 78.1 cm³/mol. The van der Waals surface area contributed by atoms with Crippen molar-refractivity contribution in [3.8, 4) is 0 Å². The molecule has 1 heterocycles. The first-order valence-corrected chi connectivity index (χ1v) is 7.73. The fourth-order valence-electron chi connectivity index (χ4n) is 4.06. The van der Waals surface area contributed by atoms with Crippen molar-refractivity contribution in [2.24, 2.45) is 5.92 Å². The van der Waals surface area contributed by atoms with E-state index in [4.69, 9.17) is 0 Å². The third-order valence-electron chi connectivity index (χ3n) is 5.06. The highest BCUT2D eigenvalue weighted by molar-refractivity contribution is 5.27. The Balaban J connectivity index is 1.69. The largest absolute Gasteiger partial charge is 0.387 e. The summed E-state index contributed by atoms with van der Waals surface area (Å²) in [4.78, 5) is 2.55. The maximum absolute atomic E-state index is 10.5. The number of nitrogens with zero attached hydrogens (tertiary/aromatic N) is 1. The molecule has 3 atom stereocenters. The van der Waals surface area contributed by atoms with Crippen LogP contribution in [0.2, 0.25) is 0 Å². The molecule has 2 heteroatoms. The minimum absolute atomic E-state index is 0.333. The second-order valence-electron chi connectivity index (χ2n) is 6.27. The van der Waals surface area contributed by atoms with Crippen LogP contribution in [0.4, 0.5) is 0 Å². The molecule has 1 aromatic carbocycles. The fourth-order valence-corrected chi connectivity index (χ4v) is 4.06. The molecule has 0 bridgehead atoms. The highest BCUT2D eigenvalue weighted by Gasteiger charge is 2.35. The minimum atomic E-state index is -0.333. The lowest BCUT2D eigenvalue weighted by molar-refractivity contribution is 0.0504. The van der Waals surface area contributed by atoms with Crippen molar-refractivity contribution < 1.29 is 5.11 Å². The van der Waals surface area contributed by atoms with Crippen LogP contribution in [0.25, 0.3) is 0 Å². The molecular weight excluding hydrogens is 234 g/mol. The Kier molecular flexibility index (Phi) is 3.90. The molecular formula is C17H25NO. The number of hydrogen-bond acceptors (Lipinski definition) is 2. The van der Waals surface area contributed by atoms with Crippen LogP contribution < -0.4 is 0 Å². The van der Waals surface area contributed by atoms with Crippen molar-refractivity contribution in [1.82, 2.24) is 4.90 Å². The van der Waals surface area contributed by atoms with Gasteiger partial charge in [-0.05, 0) is 56.2 Å². The summed E-state index contributed by atoms with van der Waals surface area (Å²) in [6.07, 6.45) is 6.50. The van der Waals surface area contributed by atoms with Crippen molar-refractivity contribution in [2.45, 2.75) is 51.2 Å². The third-order valence-corrected chi connectivity index (χ3v) is 5.06. The van der Waals surface area contributed by atoms with E-state index in [2.05, 4.69) is 24.0 Å². The van der Waals surface area contributed by atoms with Gasteiger partial charge < -0.3 is 5.11 Å². The SMILES string of the molecule is Cc1ccccc1C(O)CN1CCCC2CCCC21. The maximum atomic E-state index is 10.5. The standard InChI is InChI=1S/C17H25NO/c1-13-6-2-3-9-15(13)17(19)12-18-11-5-8-14-7-4-10-16(14)18/h2-3,6,9,14,16-17,19H,4-5,7-8,10-12H2,1H3. The predicted octanol–water partition coefficient (Wildman–Crippen LogP) is 3.29. The molecule has 0 amide bonds. The van der Waals surface area contributed by atoms with Crippen LogP contribution >= 0.6 is 0 Å². The summed E-state index contributed by atoms with van der Waals surface area (Å²) < 4.78 is 0.